The summed E-state index contributed by atoms with van der Waals surface area (Å²) in [6, 6.07) is 4.40. The van der Waals surface area contributed by atoms with Crippen LogP contribution >= 0.6 is 0 Å². The molecule has 0 radical (unpaired) electrons. The number of aromatic nitrogens is 1. The maximum Gasteiger partial charge on any atom is 0.136 e. The molecule has 1 aromatic carbocycles. The number of hydrogen-bond donors (Lipinski definition) is 1. The zero-order valence-corrected chi connectivity index (χ0v) is 12.7. The average molecular weight is 269 g/mol. The van der Waals surface area contributed by atoms with Gasteiger partial charge in [-0.2, -0.15) is 0 Å². The summed E-state index contributed by atoms with van der Waals surface area (Å²) in [7, 11) is 0. The van der Waals surface area contributed by atoms with Crippen LogP contribution in [-0.4, -0.2) is 10.8 Å². The van der Waals surface area contributed by atoms with Crippen molar-refractivity contribution >= 4 is 16.7 Å². The minimum absolute atomic E-state index is 0.239. The maximum atomic E-state index is 12.1. The van der Waals surface area contributed by atoms with Crippen molar-refractivity contribution < 1.29 is 4.79 Å². The van der Waals surface area contributed by atoms with Gasteiger partial charge in [0.25, 0.3) is 0 Å². The van der Waals surface area contributed by atoms with Crippen molar-refractivity contribution in [3.05, 3.63) is 34.5 Å². The summed E-state index contributed by atoms with van der Waals surface area (Å²) in [5, 5.41) is 1.31. The molecule has 0 bridgehead atoms. The van der Waals surface area contributed by atoms with Gasteiger partial charge in [-0.3, -0.25) is 4.79 Å². The van der Waals surface area contributed by atoms with Crippen molar-refractivity contribution in [1.82, 2.24) is 4.98 Å². The molecule has 20 heavy (non-hydrogen) atoms. The number of carbonyl (C=O) groups is 1. The average Bonchev–Trinajstić information content (AvgIpc) is 2.74. The number of nitrogens with one attached hydrogen (secondary N) is 1. The molecule has 2 nitrogen and oxygen atoms in total. The van der Waals surface area contributed by atoms with Gasteiger partial charge in [-0.15, -0.1) is 0 Å². The number of aromatic amines is 1. The Balaban J connectivity index is 2.01. The Bertz CT molecular complexity index is 666. The van der Waals surface area contributed by atoms with Crippen LogP contribution in [-0.2, 0) is 11.2 Å². The van der Waals surface area contributed by atoms with Gasteiger partial charge in [-0.25, -0.2) is 0 Å². The molecule has 1 heterocycles. The molecule has 1 atom stereocenters. The molecule has 0 saturated heterocycles. The van der Waals surface area contributed by atoms with Crippen LogP contribution in [0.4, 0.5) is 0 Å². The van der Waals surface area contributed by atoms with E-state index < -0.39 is 0 Å². The fourth-order valence-corrected chi connectivity index (χ4v) is 3.47. The Morgan fingerprint density at radius 1 is 1.20 bits per heavy atom. The van der Waals surface area contributed by atoms with Crippen molar-refractivity contribution in [3.63, 3.8) is 0 Å². The Labute approximate surface area is 120 Å². The fraction of sp³-hybridized carbons (Fsp3) is 0.500. The SMILES string of the molecule is Cc1ccc2c(CC3CCCCC3=O)c(C)[nH]c2c1C. The molecule has 1 aliphatic carbocycles. The quantitative estimate of drug-likeness (QED) is 0.861. The standard InChI is InChI=1S/C18H23NO/c1-11-8-9-15-16(13(3)19-18(15)12(11)2)10-14-6-4-5-7-17(14)20/h8-9,14,19H,4-7,10H2,1-3H3. The van der Waals surface area contributed by atoms with Crippen LogP contribution in [0, 0.1) is 26.7 Å². The largest absolute Gasteiger partial charge is 0.358 e. The molecule has 106 valence electrons. The highest BCUT2D eigenvalue weighted by Gasteiger charge is 2.24. The fourth-order valence-electron chi connectivity index (χ4n) is 3.47. The minimum Gasteiger partial charge on any atom is -0.358 e. The first kappa shape index (κ1) is 13.4. The van der Waals surface area contributed by atoms with Crippen LogP contribution in [0.25, 0.3) is 10.9 Å². The van der Waals surface area contributed by atoms with Crippen LogP contribution in [0.15, 0.2) is 12.1 Å². The number of ketones is 1. The van der Waals surface area contributed by atoms with E-state index in [1.807, 2.05) is 0 Å². The lowest BCUT2D eigenvalue weighted by Crippen LogP contribution is -2.21. The zero-order chi connectivity index (χ0) is 14.3. The Kier molecular flexibility index (Phi) is 3.41. The smallest absolute Gasteiger partial charge is 0.136 e. The molecular formula is C18H23NO. The summed E-state index contributed by atoms with van der Waals surface area (Å²) < 4.78 is 0. The molecule has 1 aromatic heterocycles. The Morgan fingerprint density at radius 2 is 2.00 bits per heavy atom. The third kappa shape index (κ3) is 2.17. The first-order chi connectivity index (χ1) is 9.58. The lowest BCUT2D eigenvalue weighted by atomic mass is 9.83. The number of fused-ring (bicyclic) bond motifs is 1. The van der Waals surface area contributed by atoms with Crippen molar-refractivity contribution in [3.8, 4) is 0 Å². The van der Waals surface area contributed by atoms with E-state index >= 15 is 0 Å². The normalized spacial score (nSPS) is 19.8. The zero-order valence-electron chi connectivity index (χ0n) is 12.7. The summed E-state index contributed by atoms with van der Waals surface area (Å²) in [4.78, 5) is 15.6. The molecular weight excluding hydrogens is 246 g/mol. The van der Waals surface area contributed by atoms with E-state index in [1.165, 1.54) is 39.7 Å². The summed E-state index contributed by atoms with van der Waals surface area (Å²) in [6.45, 7) is 6.45. The van der Waals surface area contributed by atoms with Crippen LogP contribution in [0.2, 0.25) is 0 Å². The molecule has 1 N–H and O–H groups in total. The van der Waals surface area contributed by atoms with E-state index in [1.54, 1.807) is 0 Å². The van der Waals surface area contributed by atoms with Crippen LogP contribution in [0.3, 0.4) is 0 Å². The van der Waals surface area contributed by atoms with Gasteiger partial charge in [-0.05, 0) is 56.7 Å². The molecule has 1 aliphatic rings. The number of rotatable bonds is 2. The van der Waals surface area contributed by atoms with E-state index in [2.05, 4.69) is 37.9 Å². The van der Waals surface area contributed by atoms with Crippen molar-refractivity contribution in [2.24, 2.45) is 5.92 Å². The summed E-state index contributed by atoms with van der Waals surface area (Å²) in [5.74, 6) is 0.705. The van der Waals surface area contributed by atoms with Gasteiger partial charge in [0.15, 0.2) is 0 Å². The van der Waals surface area contributed by atoms with Gasteiger partial charge < -0.3 is 4.98 Å². The minimum atomic E-state index is 0.239. The van der Waals surface area contributed by atoms with Crippen molar-refractivity contribution in [2.45, 2.75) is 52.9 Å². The first-order valence-corrected chi connectivity index (χ1v) is 7.68. The number of benzene rings is 1. The van der Waals surface area contributed by atoms with E-state index in [0.717, 1.165) is 25.7 Å². The molecule has 1 fully saturated rings. The lowest BCUT2D eigenvalue weighted by molar-refractivity contribution is -0.124. The van der Waals surface area contributed by atoms with Crippen molar-refractivity contribution in [2.75, 3.05) is 0 Å². The number of carbonyl (C=O) groups excluding carboxylic acids is 1. The van der Waals surface area contributed by atoms with Crippen LogP contribution in [0.1, 0.15) is 48.1 Å². The summed E-state index contributed by atoms with van der Waals surface area (Å²) in [5.41, 5.74) is 6.47. The Morgan fingerprint density at radius 3 is 2.75 bits per heavy atom. The molecule has 2 aromatic rings. The van der Waals surface area contributed by atoms with Crippen LogP contribution < -0.4 is 0 Å². The highest BCUT2D eigenvalue weighted by atomic mass is 16.1. The van der Waals surface area contributed by atoms with Crippen molar-refractivity contribution in [1.29, 1.82) is 0 Å². The van der Waals surface area contributed by atoms with E-state index in [4.69, 9.17) is 0 Å². The second-order valence-corrected chi connectivity index (χ2v) is 6.27. The predicted octanol–water partition coefficient (Wildman–Crippen LogP) is 4.39. The van der Waals surface area contributed by atoms with E-state index in [9.17, 15) is 4.79 Å². The second-order valence-electron chi connectivity index (χ2n) is 6.27. The molecule has 0 spiro atoms. The number of H-pyrrole nitrogens is 1. The third-order valence-electron chi connectivity index (χ3n) is 4.96. The summed E-state index contributed by atoms with van der Waals surface area (Å²) >= 11 is 0. The van der Waals surface area contributed by atoms with Gasteiger partial charge in [0.05, 0.1) is 0 Å². The molecule has 3 rings (SSSR count). The monoisotopic (exact) mass is 269 g/mol. The van der Waals surface area contributed by atoms with Crippen LogP contribution in [0.5, 0.6) is 0 Å². The Hall–Kier alpha value is -1.57. The topological polar surface area (TPSA) is 32.9 Å². The maximum absolute atomic E-state index is 12.1. The molecule has 0 aliphatic heterocycles. The van der Waals surface area contributed by atoms with Gasteiger partial charge in [0, 0.05) is 28.9 Å². The summed E-state index contributed by atoms with van der Waals surface area (Å²) in [6.07, 6.45) is 5.05. The first-order valence-electron chi connectivity index (χ1n) is 7.68. The molecule has 0 amide bonds. The second kappa shape index (κ2) is 5.08. The number of Topliss-reactive ketones (excluding diaryl/α,β-unsaturated/α-hetero) is 1. The van der Waals surface area contributed by atoms with Gasteiger partial charge in [0.2, 0.25) is 0 Å². The number of aryl methyl sites for hydroxylation is 3. The number of hydrogen-bond acceptors (Lipinski definition) is 1. The van der Waals surface area contributed by atoms with E-state index in [0.29, 0.717) is 5.78 Å². The molecule has 2 heteroatoms. The van der Waals surface area contributed by atoms with E-state index in [-0.39, 0.29) is 5.92 Å². The molecule has 1 saturated carbocycles. The highest BCUT2D eigenvalue weighted by molar-refractivity contribution is 5.89. The highest BCUT2D eigenvalue weighted by Crippen LogP contribution is 2.31. The van der Waals surface area contributed by atoms with Gasteiger partial charge in [-0.1, -0.05) is 18.6 Å². The van der Waals surface area contributed by atoms with Gasteiger partial charge in [0.1, 0.15) is 5.78 Å². The van der Waals surface area contributed by atoms with Gasteiger partial charge >= 0.3 is 0 Å². The lowest BCUT2D eigenvalue weighted by Gasteiger charge is -2.20. The molecule has 1 unspecified atom stereocenters. The third-order valence-corrected chi connectivity index (χ3v) is 4.96. The predicted molar refractivity (Wildman–Crippen MR) is 83.2 cm³/mol.